The largest absolute Gasteiger partial charge is 0.352 e. The number of rotatable bonds is 5. The Balaban J connectivity index is 0.00000261. The predicted molar refractivity (Wildman–Crippen MR) is 117 cm³/mol. The SMILES string of the molecule is CN=C(NCc1cnn(-c2ccc(Cl)cc2)c1)N(C)Cc1ncnn1C.I. The third-order valence-electron chi connectivity index (χ3n) is 3.93. The summed E-state index contributed by atoms with van der Waals surface area (Å²) in [6.07, 6.45) is 5.36. The van der Waals surface area contributed by atoms with Crippen LogP contribution in [0, 0.1) is 0 Å². The summed E-state index contributed by atoms with van der Waals surface area (Å²) in [6, 6.07) is 7.56. The summed E-state index contributed by atoms with van der Waals surface area (Å²) in [7, 11) is 5.59. The average Bonchev–Trinajstić information content (AvgIpc) is 3.26. The summed E-state index contributed by atoms with van der Waals surface area (Å²) in [5.41, 5.74) is 2.01. The van der Waals surface area contributed by atoms with Gasteiger partial charge in [0.05, 0.1) is 18.4 Å². The molecule has 8 nitrogen and oxygen atoms in total. The summed E-state index contributed by atoms with van der Waals surface area (Å²) in [5, 5.41) is 12.5. The fraction of sp³-hybridized carbons (Fsp3) is 0.294. The zero-order valence-corrected chi connectivity index (χ0v) is 18.5. The summed E-state index contributed by atoms with van der Waals surface area (Å²) >= 11 is 5.93. The van der Waals surface area contributed by atoms with Crippen LogP contribution in [-0.4, -0.2) is 49.5 Å². The molecule has 0 atom stereocenters. The third kappa shape index (κ3) is 5.42. The van der Waals surface area contributed by atoms with Crippen molar-refractivity contribution in [1.82, 2.24) is 34.8 Å². The summed E-state index contributed by atoms with van der Waals surface area (Å²) in [6.45, 7) is 1.23. The van der Waals surface area contributed by atoms with Gasteiger partial charge < -0.3 is 10.2 Å². The zero-order valence-electron chi connectivity index (χ0n) is 15.4. The van der Waals surface area contributed by atoms with E-state index in [0.717, 1.165) is 23.0 Å². The van der Waals surface area contributed by atoms with Crippen molar-refractivity contribution >= 4 is 41.5 Å². The van der Waals surface area contributed by atoms with E-state index in [1.165, 1.54) is 0 Å². The van der Waals surface area contributed by atoms with Crippen molar-refractivity contribution in [3.05, 3.63) is 59.4 Å². The number of hydrogen-bond donors (Lipinski definition) is 1. The van der Waals surface area contributed by atoms with Crippen molar-refractivity contribution in [1.29, 1.82) is 0 Å². The second-order valence-electron chi connectivity index (χ2n) is 5.83. The van der Waals surface area contributed by atoms with Gasteiger partial charge in [-0.25, -0.2) is 9.67 Å². The maximum atomic E-state index is 5.93. The molecule has 1 aromatic carbocycles. The van der Waals surface area contributed by atoms with Crippen LogP contribution in [0.1, 0.15) is 11.4 Å². The molecule has 0 aliphatic carbocycles. The lowest BCUT2D eigenvalue weighted by Gasteiger charge is -2.21. The first-order valence-electron chi connectivity index (χ1n) is 8.11. The highest BCUT2D eigenvalue weighted by Gasteiger charge is 2.10. The minimum absolute atomic E-state index is 0. The molecule has 3 rings (SSSR count). The molecule has 0 aliphatic heterocycles. The smallest absolute Gasteiger partial charge is 0.194 e. The van der Waals surface area contributed by atoms with E-state index in [4.69, 9.17) is 11.6 Å². The van der Waals surface area contributed by atoms with Gasteiger partial charge in [-0.05, 0) is 24.3 Å². The number of aryl methyl sites for hydroxylation is 1. The van der Waals surface area contributed by atoms with Crippen molar-refractivity contribution in [2.45, 2.75) is 13.1 Å². The quantitative estimate of drug-likeness (QED) is 0.331. The molecule has 0 aliphatic rings. The Bertz CT molecular complexity index is 886. The molecule has 144 valence electrons. The molecule has 0 saturated heterocycles. The van der Waals surface area contributed by atoms with Crippen LogP contribution in [0.4, 0.5) is 0 Å². The van der Waals surface area contributed by atoms with Crippen LogP contribution < -0.4 is 5.32 Å². The van der Waals surface area contributed by atoms with Crippen LogP contribution in [0.15, 0.2) is 48.0 Å². The van der Waals surface area contributed by atoms with Crippen LogP contribution >= 0.6 is 35.6 Å². The molecule has 0 unspecified atom stereocenters. The van der Waals surface area contributed by atoms with Gasteiger partial charge in [-0.3, -0.25) is 9.67 Å². The number of aliphatic imine (C=N–C) groups is 1. The second kappa shape index (κ2) is 9.70. The standard InChI is InChI=1S/C17H21ClN8.HI/c1-19-17(24(2)11-16-21-12-23-25(16)3)20-8-13-9-22-26(10-13)15-6-4-14(18)5-7-15;/h4-7,9-10,12H,8,11H2,1-3H3,(H,19,20);1H. The fourth-order valence-corrected chi connectivity index (χ4v) is 2.63. The maximum Gasteiger partial charge on any atom is 0.194 e. The minimum Gasteiger partial charge on any atom is -0.352 e. The van der Waals surface area contributed by atoms with E-state index in [2.05, 4.69) is 25.5 Å². The highest BCUT2D eigenvalue weighted by atomic mass is 127. The number of benzene rings is 1. The van der Waals surface area contributed by atoms with Gasteiger partial charge in [0.15, 0.2) is 5.96 Å². The van der Waals surface area contributed by atoms with Gasteiger partial charge in [-0.1, -0.05) is 11.6 Å². The van der Waals surface area contributed by atoms with Gasteiger partial charge in [0.2, 0.25) is 0 Å². The van der Waals surface area contributed by atoms with E-state index >= 15 is 0 Å². The first kappa shape index (κ1) is 21.2. The fourth-order valence-electron chi connectivity index (χ4n) is 2.50. The van der Waals surface area contributed by atoms with Gasteiger partial charge in [-0.15, -0.1) is 24.0 Å². The highest BCUT2D eigenvalue weighted by Crippen LogP contribution is 2.13. The van der Waals surface area contributed by atoms with Crippen molar-refractivity contribution in [3.8, 4) is 5.69 Å². The molecule has 0 fully saturated rings. The number of halogens is 2. The van der Waals surface area contributed by atoms with E-state index in [9.17, 15) is 0 Å². The Kier molecular flexibility index (Phi) is 7.60. The van der Waals surface area contributed by atoms with Crippen molar-refractivity contribution in [2.24, 2.45) is 12.0 Å². The van der Waals surface area contributed by atoms with Crippen LogP contribution in [-0.2, 0) is 20.1 Å². The molecule has 0 amide bonds. The molecule has 1 N–H and O–H groups in total. The topological polar surface area (TPSA) is 76.2 Å². The second-order valence-corrected chi connectivity index (χ2v) is 6.26. The van der Waals surface area contributed by atoms with Crippen molar-refractivity contribution < 1.29 is 0 Å². The van der Waals surface area contributed by atoms with Gasteiger partial charge in [0.1, 0.15) is 12.2 Å². The van der Waals surface area contributed by atoms with Crippen LogP contribution in [0.5, 0.6) is 0 Å². The molecule has 0 bridgehead atoms. The Morgan fingerprint density at radius 1 is 1.26 bits per heavy atom. The number of nitrogens with zero attached hydrogens (tertiary/aromatic N) is 7. The first-order chi connectivity index (χ1) is 12.6. The van der Waals surface area contributed by atoms with E-state index in [1.807, 2.05) is 60.3 Å². The van der Waals surface area contributed by atoms with E-state index < -0.39 is 0 Å². The Hall–Kier alpha value is -2.14. The first-order valence-corrected chi connectivity index (χ1v) is 8.49. The number of hydrogen-bond acceptors (Lipinski definition) is 4. The maximum absolute atomic E-state index is 5.93. The monoisotopic (exact) mass is 500 g/mol. The van der Waals surface area contributed by atoms with Crippen LogP contribution in [0.3, 0.4) is 0 Å². The lowest BCUT2D eigenvalue weighted by atomic mass is 10.3. The number of nitrogens with one attached hydrogen (secondary N) is 1. The van der Waals surface area contributed by atoms with E-state index in [0.29, 0.717) is 18.1 Å². The molecular weight excluding hydrogens is 479 g/mol. The van der Waals surface area contributed by atoms with Gasteiger partial charge in [0.25, 0.3) is 0 Å². The van der Waals surface area contributed by atoms with Gasteiger partial charge >= 0.3 is 0 Å². The molecule has 10 heteroatoms. The normalized spacial score (nSPS) is 11.2. The Labute approximate surface area is 180 Å². The van der Waals surface area contributed by atoms with Gasteiger partial charge in [0, 0.05) is 44.5 Å². The van der Waals surface area contributed by atoms with Crippen molar-refractivity contribution in [2.75, 3.05) is 14.1 Å². The zero-order chi connectivity index (χ0) is 18.5. The summed E-state index contributed by atoms with van der Waals surface area (Å²) < 4.78 is 3.57. The molecule has 27 heavy (non-hydrogen) atoms. The van der Waals surface area contributed by atoms with E-state index in [-0.39, 0.29) is 24.0 Å². The Morgan fingerprint density at radius 3 is 2.63 bits per heavy atom. The molecular formula is C17H22ClIN8. The third-order valence-corrected chi connectivity index (χ3v) is 4.19. The van der Waals surface area contributed by atoms with Gasteiger partial charge in [-0.2, -0.15) is 10.2 Å². The lowest BCUT2D eigenvalue weighted by Crippen LogP contribution is -2.38. The minimum atomic E-state index is 0. The average molecular weight is 501 g/mol. The van der Waals surface area contributed by atoms with Crippen molar-refractivity contribution in [3.63, 3.8) is 0 Å². The molecule has 0 radical (unpaired) electrons. The van der Waals surface area contributed by atoms with Crippen LogP contribution in [0.25, 0.3) is 5.69 Å². The van der Waals surface area contributed by atoms with E-state index in [1.54, 1.807) is 18.1 Å². The molecule has 0 saturated carbocycles. The molecule has 3 aromatic rings. The number of aromatic nitrogens is 5. The molecule has 2 heterocycles. The Morgan fingerprint density at radius 2 is 2.00 bits per heavy atom. The highest BCUT2D eigenvalue weighted by molar-refractivity contribution is 14.0. The lowest BCUT2D eigenvalue weighted by molar-refractivity contribution is 0.448. The van der Waals surface area contributed by atoms with Crippen LogP contribution in [0.2, 0.25) is 5.02 Å². The molecule has 0 spiro atoms. The number of guanidine groups is 1. The summed E-state index contributed by atoms with van der Waals surface area (Å²) in [4.78, 5) is 10.6. The summed E-state index contributed by atoms with van der Waals surface area (Å²) in [5.74, 6) is 1.64. The predicted octanol–water partition coefficient (Wildman–Crippen LogP) is 2.48. The molecule has 2 aromatic heterocycles.